The summed E-state index contributed by atoms with van der Waals surface area (Å²) in [6.45, 7) is 1.31. The minimum absolute atomic E-state index is 0.0841. The Morgan fingerprint density at radius 3 is 1.52 bits per heavy atom. The number of rotatable bonds is 9. The molecule has 2 fully saturated rings. The zero-order chi connectivity index (χ0) is 35.6. The van der Waals surface area contributed by atoms with Crippen molar-refractivity contribution in [2.75, 3.05) is 13.1 Å². The maximum atomic E-state index is 13.4. The first kappa shape index (κ1) is 33.2. The molecule has 3 aromatic heterocycles. The molecule has 2 aliphatic heterocycles. The van der Waals surface area contributed by atoms with E-state index in [1.165, 1.54) is 0 Å². The Morgan fingerprint density at radius 2 is 1.04 bits per heavy atom. The van der Waals surface area contributed by atoms with E-state index in [2.05, 4.69) is 19.9 Å². The fourth-order valence-corrected chi connectivity index (χ4v) is 7.44. The fraction of sp³-hybridized carbons (Fsp3) is 0.244. The molecule has 52 heavy (non-hydrogen) atoms. The molecule has 11 nitrogen and oxygen atoms in total. The number of carbonyl (C=O) groups is 2. The van der Waals surface area contributed by atoms with Gasteiger partial charge in [-0.3, -0.25) is 14.6 Å². The summed E-state index contributed by atoms with van der Waals surface area (Å²) in [6.07, 6.45) is 8.93. The van der Waals surface area contributed by atoms with Crippen LogP contribution in [0.2, 0.25) is 0 Å². The average molecular weight is 692 g/mol. The molecule has 262 valence electrons. The average Bonchev–Trinajstić information content (AvgIpc) is 4.04. The molecular weight excluding hydrogens is 651 g/mol. The second-order valence-electron chi connectivity index (χ2n) is 13.5. The summed E-state index contributed by atoms with van der Waals surface area (Å²) in [5, 5.41) is 0. The van der Waals surface area contributed by atoms with E-state index in [1.54, 1.807) is 6.20 Å². The molecule has 2 amide bonds. The van der Waals surface area contributed by atoms with Gasteiger partial charge in [-0.1, -0.05) is 84.9 Å². The van der Waals surface area contributed by atoms with Crippen LogP contribution in [-0.4, -0.2) is 59.6 Å². The summed E-state index contributed by atoms with van der Waals surface area (Å²) in [5.74, 6) is 1.35. The number of hydrogen-bond donors (Lipinski definition) is 4. The van der Waals surface area contributed by atoms with Crippen LogP contribution in [-0.2, 0) is 9.59 Å². The normalized spacial score (nSPS) is 18.4. The van der Waals surface area contributed by atoms with Crippen molar-refractivity contribution in [3.05, 3.63) is 138 Å². The summed E-state index contributed by atoms with van der Waals surface area (Å²) in [6, 6.07) is 29.5. The Labute approximate surface area is 302 Å². The molecule has 0 radical (unpaired) electrons. The standard InChI is InChI=1S/C41H41N9O2/c42-36(28-9-3-1-4-10-28)40(51)49-21-7-13-34(49)38-45-24-32(47-38)27-17-15-26(16-18-27)31-20-19-30(23-44-31)33-25-46-39(48-33)35-14-8-22-50(35)41(52)37(43)29-11-5-2-6-12-29/h1-6,9-12,15-20,23-25,34-37H,7-8,13-14,21-22,42-43H2,(H,45,47)(H,46,48)/t34-,35-,36-,37+/m0/s1. The first-order valence-electron chi connectivity index (χ1n) is 17.8. The predicted octanol–water partition coefficient (Wildman–Crippen LogP) is 6.26. The van der Waals surface area contributed by atoms with Gasteiger partial charge in [0.1, 0.15) is 23.7 Å². The summed E-state index contributed by atoms with van der Waals surface area (Å²) in [7, 11) is 0. The number of nitrogens with one attached hydrogen (secondary N) is 2. The zero-order valence-electron chi connectivity index (χ0n) is 28.7. The molecule has 0 aliphatic carbocycles. The van der Waals surface area contributed by atoms with E-state index in [-0.39, 0.29) is 23.9 Å². The fourth-order valence-electron chi connectivity index (χ4n) is 7.44. The van der Waals surface area contributed by atoms with Crippen LogP contribution in [0.5, 0.6) is 0 Å². The Balaban J connectivity index is 0.920. The van der Waals surface area contributed by atoms with Gasteiger partial charge in [0.05, 0.1) is 41.6 Å². The van der Waals surface area contributed by atoms with Gasteiger partial charge in [0.2, 0.25) is 11.8 Å². The number of likely N-dealkylation sites (tertiary alicyclic amines) is 2. The van der Waals surface area contributed by atoms with Gasteiger partial charge in [-0.05, 0) is 54.5 Å². The number of nitrogens with zero attached hydrogens (tertiary/aromatic N) is 5. The lowest BCUT2D eigenvalue weighted by molar-refractivity contribution is -0.134. The van der Waals surface area contributed by atoms with Crippen molar-refractivity contribution in [1.82, 2.24) is 34.7 Å². The van der Waals surface area contributed by atoms with Crippen molar-refractivity contribution >= 4 is 11.8 Å². The Hall–Kier alpha value is -5.91. The third-order valence-electron chi connectivity index (χ3n) is 10.3. The largest absolute Gasteiger partial charge is 0.340 e. The molecule has 11 heteroatoms. The molecule has 0 unspecified atom stereocenters. The maximum Gasteiger partial charge on any atom is 0.244 e. The van der Waals surface area contributed by atoms with Crippen molar-refractivity contribution in [2.24, 2.45) is 11.5 Å². The van der Waals surface area contributed by atoms with Crippen LogP contribution in [0.15, 0.2) is 116 Å². The summed E-state index contributed by atoms with van der Waals surface area (Å²) in [5.41, 5.74) is 19.8. The number of imidazole rings is 2. The Bertz CT molecular complexity index is 1990. The number of amides is 2. The minimum atomic E-state index is -0.705. The predicted molar refractivity (Wildman–Crippen MR) is 199 cm³/mol. The topological polar surface area (TPSA) is 163 Å². The van der Waals surface area contributed by atoms with Gasteiger partial charge in [0.25, 0.3) is 0 Å². The number of pyridine rings is 1. The van der Waals surface area contributed by atoms with Crippen LogP contribution >= 0.6 is 0 Å². The lowest BCUT2D eigenvalue weighted by Gasteiger charge is -2.26. The number of aromatic amines is 2. The van der Waals surface area contributed by atoms with Crippen LogP contribution in [0.3, 0.4) is 0 Å². The third-order valence-corrected chi connectivity index (χ3v) is 10.3. The monoisotopic (exact) mass is 691 g/mol. The highest BCUT2D eigenvalue weighted by molar-refractivity contribution is 5.84. The van der Waals surface area contributed by atoms with Gasteiger partial charge < -0.3 is 31.2 Å². The lowest BCUT2D eigenvalue weighted by Crippen LogP contribution is -2.38. The molecule has 4 atom stereocenters. The number of nitrogens with two attached hydrogens (primary N) is 2. The van der Waals surface area contributed by atoms with E-state index in [1.807, 2.05) is 119 Å². The molecular formula is C41H41N9O2. The van der Waals surface area contributed by atoms with Gasteiger partial charge in [-0.15, -0.1) is 0 Å². The first-order valence-corrected chi connectivity index (χ1v) is 17.8. The third kappa shape index (κ3) is 6.52. The van der Waals surface area contributed by atoms with Gasteiger partial charge in [0, 0.05) is 30.4 Å². The number of benzene rings is 3. The van der Waals surface area contributed by atoms with E-state index in [4.69, 9.17) is 16.5 Å². The van der Waals surface area contributed by atoms with Crippen LogP contribution in [0.1, 0.15) is 72.6 Å². The SMILES string of the molecule is N[C@H](C(=O)N1CCC[C@H]1c1ncc(-c2ccc(-c3ccc(-c4cnc([C@@H]5CCCN5C(=O)[C@H](N)c5ccccc5)[nH]4)cn3)cc2)[nH]1)c1ccccc1. The second kappa shape index (κ2) is 14.4. The molecule has 0 saturated carbocycles. The van der Waals surface area contributed by atoms with Gasteiger partial charge in [0.15, 0.2) is 0 Å². The van der Waals surface area contributed by atoms with E-state index in [9.17, 15) is 9.59 Å². The van der Waals surface area contributed by atoms with Crippen molar-refractivity contribution in [3.8, 4) is 33.8 Å². The van der Waals surface area contributed by atoms with E-state index in [0.717, 1.165) is 82.2 Å². The number of H-pyrrole nitrogens is 2. The lowest BCUT2D eigenvalue weighted by atomic mass is 10.1. The van der Waals surface area contributed by atoms with Crippen molar-refractivity contribution in [2.45, 2.75) is 49.9 Å². The highest BCUT2D eigenvalue weighted by Gasteiger charge is 2.36. The minimum Gasteiger partial charge on any atom is -0.340 e. The van der Waals surface area contributed by atoms with Crippen LogP contribution < -0.4 is 11.5 Å². The highest BCUT2D eigenvalue weighted by Crippen LogP contribution is 2.35. The molecule has 2 aliphatic rings. The van der Waals surface area contributed by atoms with E-state index >= 15 is 0 Å². The summed E-state index contributed by atoms with van der Waals surface area (Å²) < 4.78 is 0. The Kier molecular flexibility index (Phi) is 9.19. The second-order valence-corrected chi connectivity index (χ2v) is 13.5. The highest BCUT2D eigenvalue weighted by atomic mass is 16.2. The van der Waals surface area contributed by atoms with Crippen molar-refractivity contribution < 1.29 is 9.59 Å². The van der Waals surface area contributed by atoms with Crippen LogP contribution in [0, 0.1) is 0 Å². The first-order chi connectivity index (χ1) is 25.4. The summed E-state index contributed by atoms with van der Waals surface area (Å²) >= 11 is 0. The molecule has 6 aromatic rings. The van der Waals surface area contributed by atoms with Crippen LogP contribution in [0.4, 0.5) is 0 Å². The smallest absolute Gasteiger partial charge is 0.244 e. The van der Waals surface area contributed by atoms with Crippen LogP contribution in [0.25, 0.3) is 33.8 Å². The van der Waals surface area contributed by atoms with E-state index in [0.29, 0.717) is 13.1 Å². The summed E-state index contributed by atoms with van der Waals surface area (Å²) in [4.78, 5) is 51.4. The maximum absolute atomic E-state index is 13.4. The number of hydrogen-bond acceptors (Lipinski definition) is 7. The molecule has 5 heterocycles. The molecule has 6 N–H and O–H groups in total. The molecule has 2 saturated heterocycles. The molecule has 0 spiro atoms. The van der Waals surface area contributed by atoms with Gasteiger partial charge in [-0.25, -0.2) is 9.97 Å². The van der Waals surface area contributed by atoms with Gasteiger partial charge >= 0.3 is 0 Å². The van der Waals surface area contributed by atoms with Gasteiger partial charge in [-0.2, -0.15) is 0 Å². The molecule has 0 bridgehead atoms. The number of aromatic nitrogens is 5. The zero-order valence-corrected chi connectivity index (χ0v) is 28.7. The van der Waals surface area contributed by atoms with E-state index < -0.39 is 12.1 Å². The quantitative estimate of drug-likeness (QED) is 0.139. The number of carbonyl (C=O) groups excluding carboxylic acids is 2. The molecule has 8 rings (SSSR count). The molecule has 3 aromatic carbocycles. The Morgan fingerprint density at radius 1 is 0.577 bits per heavy atom. The van der Waals surface area contributed by atoms with Crippen molar-refractivity contribution in [1.29, 1.82) is 0 Å². The van der Waals surface area contributed by atoms with Crippen molar-refractivity contribution in [3.63, 3.8) is 0 Å².